The monoisotopic (exact) mass is 381 g/mol. The molecule has 0 saturated heterocycles. The molecule has 1 N–H and O–H groups in total. The van der Waals surface area contributed by atoms with Gasteiger partial charge in [0.1, 0.15) is 5.82 Å². The molecule has 8 heteroatoms. The van der Waals surface area contributed by atoms with Crippen molar-refractivity contribution in [1.82, 2.24) is 19.7 Å². The lowest BCUT2D eigenvalue weighted by Crippen LogP contribution is -2.22. The largest absolute Gasteiger partial charge is 0.462 e. The lowest BCUT2D eigenvalue weighted by atomic mass is 10.1. The summed E-state index contributed by atoms with van der Waals surface area (Å²) in [5, 5.41) is 11.9. The van der Waals surface area contributed by atoms with Gasteiger partial charge in [0.15, 0.2) is 10.8 Å². The fourth-order valence-corrected chi connectivity index (χ4v) is 3.84. The Morgan fingerprint density at radius 2 is 2.04 bits per heavy atom. The van der Waals surface area contributed by atoms with Gasteiger partial charge in [-0.25, -0.2) is 4.98 Å². The smallest absolute Gasteiger partial charge is 0.257 e. The van der Waals surface area contributed by atoms with Crippen molar-refractivity contribution >= 4 is 33.4 Å². The first-order valence-electron chi connectivity index (χ1n) is 8.51. The summed E-state index contributed by atoms with van der Waals surface area (Å²) in [7, 11) is 0. The first-order chi connectivity index (χ1) is 12.8. The predicted molar refractivity (Wildman–Crippen MR) is 105 cm³/mol. The summed E-state index contributed by atoms with van der Waals surface area (Å²) in [6.07, 6.45) is 1.57. The predicted octanol–water partition coefficient (Wildman–Crippen LogP) is 4.46. The maximum absolute atomic E-state index is 12.6. The summed E-state index contributed by atoms with van der Waals surface area (Å²) < 4.78 is 7.47. The number of amides is 1. The third-order valence-corrected chi connectivity index (χ3v) is 4.99. The average molecular weight is 381 g/mol. The number of rotatable bonds is 3. The van der Waals surface area contributed by atoms with Crippen LogP contribution in [-0.4, -0.2) is 25.7 Å². The number of furan rings is 1. The molecule has 0 bridgehead atoms. The number of anilines is 1. The van der Waals surface area contributed by atoms with Crippen LogP contribution >= 0.6 is 11.3 Å². The number of aryl methyl sites for hydroxylation is 1. The van der Waals surface area contributed by atoms with Crippen LogP contribution in [0.15, 0.2) is 41.0 Å². The number of hydrogen-bond donors (Lipinski definition) is 1. The molecule has 1 amide bonds. The molecule has 138 valence electrons. The highest BCUT2D eigenvalue weighted by molar-refractivity contribution is 7.18. The molecule has 0 unspecified atom stereocenters. The van der Waals surface area contributed by atoms with E-state index in [1.807, 2.05) is 13.0 Å². The Kier molecular flexibility index (Phi) is 4.07. The van der Waals surface area contributed by atoms with E-state index in [1.165, 1.54) is 11.3 Å². The summed E-state index contributed by atoms with van der Waals surface area (Å²) in [6.45, 7) is 8.37. The van der Waals surface area contributed by atoms with Gasteiger partial charge in [0.05, 0.1) is 17.3 Å². The molecule has 3 heterocycles. The summed E-state index contributed by atoms with van der Waals surface area (Å²) in [5.74, 6) is 1.29. The van der Waals surface area contributed by atoms with Crippen molar-refractivity contribution < 1.29 is 9.21 Å². The number of aromatic nitrogens is 4. The second-order valence-electron chi connectivity index (χ2n) is 7.21. The van der Waals surface area contributed by atoms with Gasteiger partial charge in [-0.2, -0.15) is 0 Å². The van der Waals surface area contributed by atoms with E-state index in [0.29, 0.717) is 21.5 Å². The molecule has 0 aliphatic carbocycles. The van der Waals surface area contributed by atoms with Crippen molar-refractivity contribution in [1.29, 1.82) is 0 Å². The van der Waals surface area contributed by atoms with Crippen LogP contribution in [0.3, 0.4) is 0 Å². The quantitative estimate of drug-likeness (QED) is 0.566. The van der Waals surface area contributed by atoms with Gasteiger partial charge >= 0.3 is 0 Å². The summed E-state index contributed by atoms with van der Waals surface area (Å²) in [6, 6.07) is 9.12. The molecule has 0 saturated carbocycles. The van der Waals surface area contributed by atoms with Crippen molar-refractivity contribution in [3.8, 4) is 10.8 Å². The fourth-order valence-electron chi connectivity index (χ4n) is 3.13. The third kappa shape index (κ3) is 3.23. The van der Waals surface area contributed by atoms with Gasteiger partial charge in [0.25, 0.3) is 5.91 Å². The van der Waals surface area contributed by atoms with E-state index in [-0.39, 0.29) is 11.4 Å². The van der Waals surface area contributed by atoms with E-state index in [9.17, 15) is 4.79 Å². The Bertz CT molecular complexity index is 1120. The summed E-state index contributed by atoms with van der Waals surface area (Å²) in [4.78, 5) is 17.2. The number of carbonyl (C=O) groups is 1. The molecule has 0 spiro atoms. The standard InChI is InChI=1S/C19H19N5O2S/c1-11-20-13-10-12(7-8-14(13)24(11)19(2,3)4)16(25)21-18-23-22-17(27-18)15-6-5-9-26-15/h5-10H,1-4H3,(H,21,23,25). The van der Waals surface area contributed by atoms with Crippen LogP contribution in [-0.2, 0) is 5.54 Å². The normalized spacial score (nSPS) is 11.9. The van der Waals surface area contributed by atoms with E-state index in [2.05, 4.69) is 45.8 Å². The molecule has 4 rings (SSSR count). The van der Waals surface area contributed by atoms with Gasteiger partial charge in [-0.15, -0.1) is 10.2 Å². The molecule has 4 aromatic rings. The lowest BCUT2D eigenvalue weighted by Gasteiger charge is -2.23. The highest BCUT2D eigenvalue weighted by atomic mass is 32.1. The van der Waals surface area contributed by atoms with Crippen LogP contribution in [0.2, 0.25) is 0 Å². The van der Waals surface area contributed by atoms with E-state index in [4.69, 9.17) is 4.42 Å². The van der Waals surface area contributed by atoms with Gasteiger partial charge in [-0.05, 0) is 58.0 Å². The van der Waals surface area contributed by atoms with Crippen LogP contribution in [0.4, 0.5) is 5.13 Å². The minimum absolute atomic E-state index is 0.0859. The number of fused-ring (bicyclic) bond motifs is 1. The third-order valence-electron chi connectivity index (χ3n) is 4.13. The minimum atomic E-state index is -0.248. The zero-order valence-electron chi connectivity index (χ0n) is 15.5. The maximum atomic E-state index is 12.6. The number of hydrogen-bond acceptors (Lipinski definition) is 6. The van der Waals surface area contributed by atoms with Crippen molar-refractivity contribution in [3.63, 3.8) is 0 Å². The Labute approximate surface area is 160 Å². The molecule has 0 aliphatic rings. The molecule has 27 heavy (non-hydrogen) atoms. The minimum Gasteiger partial charge on any atom is -0.462 e. The highest BCUT2D eigenvalue weighted by Gasteiger charge is 2.20. The molecule has 7 nitrogen and oxygen atoms in total. The van der Waals surface area contributed by atoms with Crippen molar-refractivity contribution in [2.45, 2.75) is 33.2 Å². The van der Waals surface area contributed by atoms with E-state index < -0.39 is 0 Å². The zero-order valence-corrected chi connectivity index (χ0v) is 16.3. The molecule has 0 atom stereocenters. The van der Waals surface area contributed by atoms with Gasteiger partial charge in [0.2, 0.25) is 5.13 Å². The Morgan fingerprint density at radius 3 is 2.74 bits per heavy atom. The molecule has 0 fully saturated rings. The van der Waals surface area contributed by atoms with E-state index >= 15 is 0 Å². The zero-order chi connectivity index (χ0) is 19.2. The van der Waals surface area contributed by atoms with Crippen molar-refractivity contribution in [2.24, 2.45) is 0 Å². The molecular formula is C19H19N5O2S. The maximum Gasteiger partial charge on any atom is 0.257 e. The second kappa shape index (κ2) is 6.31. The first kappa shape index (κ1) is 17.4. The van der Waals surface area contributed by atoms with Crippen LogP contribution < -0.4 is 5.32 Å². The second-order valence-corrected chi connectivity index (χ2v) is 8.19. The molecule has 0 radical (unpaired) electrons. The number of imidazole rings is 1. The van der Waals surface area contributed by atoms with Gasteiger partial charge in [-0.3, -0.25) is 10.1 Å². The highest BCUT2D eigenvalue weighted by Crippen LogP contribution is 2.28. The van der Waals surface area contributed by atoms with E-state index in [1.54, 1.807) is 30.5 Å². The molecule has 1 aromatic carbocycles. The molecule has 0 aliphatic heterocycles. The average Bonchev–Trinajstić information content (AvgIpc) is 3.31. The van der Waals surface area contributed by atoms with Crippen molar-refractivity contribution in [2.75, 3.05) is 5.32 Å². The van der Waals surface area contributed by atoms with E-state index in [0.717, 1.165) is 16.9 Å². The van der Waals surface area contributed by atoms with Crippen molar-refractivity contribution in [3.05, 3.63) is 48.0 Å². The number of carbonyl (C=O) groups excluding carboxylic acids is 1. The number of nitrogens with zero attached hydrogens (tertiary/aromatic N) is 4. The van der Waals surface area contributed by atoms with Crippen LogP contribution in [0.1, 0.15) is 37.0 Å². The summed E-state index contributed by atoms with van der Waals surface area (Å²) >= 11 is 1.26. The van der Waals surface area contributed by atoms with Crippen LogP contribution in [0.5, 0.6) is 0 Å². The molecule has 3 aromatic heterocycles. The van der Waals surface area contributed by atoms with Gasteiger partial charge < -0.3 is 8.98 Å². The van der Waals surface area contributed by atoms with Gasteiger partial charge in [-0.1, -0.05) is 11.3 Å². The SMILES string of the molecule is Cc1nc2cc(C(=O)Nc3nnc(-c4ccco4)s3)ccc2n1C(C)(C)C. The Hall–Kier alpha value is -3.00. The van der Waals surface area contributed by atoms with Crippen LogP contribution in [0.25, 0.3) is 21.8 Å². The van der Waals surface area contributed by atoms with Crippen LogP contribution in [0, 0.1) is 6.92 Å². The molecular weight excluding hydrogens is 362 g/mol. The summed E-state index contributed by atoms with van der Waals surface area (Å²) in [5.41, 5.74) is 2.24. The lowest BCUT2D eigenvalue weighted by molar-refractivity contribution is 0.102. The topological polar surface area (TPSA) is 85.8 Å². The Balaban J connectivity index is 1.60. The first-order valence-corrected chi connectivity index (χ1v) is 9.33. The number of benzene rings is 1. The fraction of sp³-hybridized carbons (Fsp3) is 0.263. The van der Waals surface area contributed by atoms with Gasteiger partial charge in [0, 0.05) is 11.1 Å². The Morgan fingerprint density at radius 1 is 1.22 bits per heavy atom. The number of nitrogens with one attached hydrogen (secondary N) is 1.